The molecule has 0 fully saturated rings. The van der Waals surface area contributed by atoms with Crippen LogP contribution in [0.5, 0.6) is 0 Å². The van der Waals surface area contributed by atoms with Crippen LogP contribution in [-0.4, -0.2) is 29.4 Å². The van der Waals surface area contributed by atoms with Crippen molar-refractivity contribution in [3.63, 3.8) is 0 Å². The molecule has 0 saturated heterocycles. The molecule has 0 atom stereocenters. The lowest BCUT2D eigenvalue weighted by Crippen LogP contribution is -2.18. The topological polar surface area (TPSA) is 76.2 Å². The zero-order valence-electron chi connectivity index (χ0n) is 12.2. The van der Waals surface area contributed by atoms with E-state index in [9.17, 15) is 18.3 Å². The van der Waals surface area contributed by atoms with Gasteiger partial charge in [-0.3, -0.25) is 4.40 Å². The Kier molecular flexibility index (Phi) is 3.33. The Balaban J connectivity index is 2.11. The van der Waals surface area contributed by atoms with Crippen LogP contribution >= 0.6 is 0 Å². The number of rotatable bonds is 2. The zero-order chi connectivity index (χ0) is 16.8. The monoisotopic (exact) mass is 323 g/mol. The molecule has 1 N–H and O–H groups in total. The van der Waals surface area contributed by atoms with Crippen LogP contribution in [0, 0.1) is 0 Å². The average Bonchev–Trinajstić information content (AvgIpc) is 2.88. The minimum Gasteiger partial charge on any atom is -0.384 e. The van der Waals surface area contributed by atoms with Crippen LogP contribution in [0.4, 0.5) is 13.2 Å². The first-order valence-electron chi connectivity index (χ1n) is 6.64. The summed E-state index contributed by atoms with van der Waals surface area (Å²) in [4.78, 5) is 15.0. The molecule has 6 nitrogen and oxygen atoms in total. The van der Waals surface area contributed by atoms with Crippen LogP contribution in [0.15, 0.2) is 30.7 Å². The number of aromatic nitrogens is 5. The van der Waals surface area contributed by atoms with Crippen molar-refractivity contribution in [2.75, 3.05) is 0 Å². The van der Waals surface area contributed by atoms with Gasteiger partial charge in [-0.25, -0.2) is 19.9 Å². The highest BCUT2D eigenvalue weighted by molar-refractivity contribution is 5.58. The van der Waals surface area contributed by atoms with Crippen LogP contribution < -0.4 is 0 Å². The minimum absolute atomic E-state index is 0.0811. The Morgan fingerprint density at radius 2 is 1.83 bits per heavy atom. The van der Waals surface area contributed by atoms with Gasteiger partial charge in [-0.15, -0.1) is 0 Å². The van der Waals surface area contributed by atoms with Gasteiger partial charge in [0.25, 0.3) is 0 Å². The molecule has 0 spiro atoms. The third-order valence-corrected chi connectivity index (χ3v) is 3.18. The van der Waals surface area contributed by atoms with Gasteiger partial charge < -0.3 is 5.11 Å². The first kappa shape index (κ1) is 15.3. The van der Waals surface area contributed by atoms with Gasteiger partial charge in [-0.1, -0.05) is 0 Å². The van der Waals surface area contributed by atoms with E-state index in [0.29, 0.717) is 11.4 Å². The highest BCUT2D eigenvalue weighted by atomic mass is 19.4. The average molecular weight is 323 g/mol. The predicted molar refractivity (Wildman–Crippen MR) is 74.3 cm³/mol. The lowest BCUT2D eigenvalue weighted by atomic mass is 10.1. The van der Waals surface area contributed by atoms with Crippen molar-refractivity contribution < 1.29 is 18.3 Å². The molecule has 3 aromatic rings. The van der Waals surface area contributed by atoms with E-state index in [0.717, 1.165) is 6.20 Å². The van der Waals surface area contributed by atoms with E-state index in [1.807, 2.05) is 0 Å². The third-order valence-electron chi connectivity index (χ3n) is 3.18. The maximum Gasteiger partial charge on any atom is 0.451 e. The molecule has 0 bridgehead atoms. The van der Waals surface area contributed by atoms with Crippen molar-refractivity contribution >= 4 is 5.78 Å². The van der Waals surface area contributed by atoms with Crippen molar-refractivity contribution in [1.29, 1.82) is 0 Å². The molecule has 120 valence electrons. The molecule has 0 unspecified atom stereocenters. The van der Waals surface area contributed by atoms with Crippen molar-refractivity contribution in [2.45, 2.75) is 25.6 Å². The molecule has 0 aliphatic heterocycles. The lowest BCUT2D eigenvalue weighted by molar-refractivity contribution is -0.144. The fraction of sp³-hybridized carbons (Fsp3) is 0.286. The van der Waals surface area contributed by atoms with Crippen LogP contribution in [0.1, 0.15) is 25.4 Å². The van der Waals surface area contributed by atoms with Crippen molar-refractivity contribution in [3.8, 4) is 11.4 Å². The quantitative estimate of drug-likeness (QED) is 0.784. The number of hydrogen-bond acceptors (Lipinski definition) is 5. The molecule has 0 aromatic carbocycles. The predicted octanol–water partition coefficient (Wildman–Crippen LogP) is 2.43. The van der Waals surface area contributed by atoms with Gasteiger partial charge in [0.1, 0.15) is 5.60 Å². The van der Waals surface area contributed by atoms with Gasteiger partial charge in [0.05, 0.1) is 23.3 Å². The number of imidazole rings is 1. The smallest absolute Gasteiger partial charge is 0.384 e. The zero-order valence-corrected chi connectivity index (χ0v) is 12.2. The largest absolute Gasteiger partial charge is 0.451 e. The number of nitrogens with zero attached hydrogens (tertiary/aromatic N) is 5. The summed E-state index contributed by atoms with van der Waals surface area (Å²) in [5.74, 6) is -0.960. The van der Waals surface area contributed by atoms with Gasteiger partial charge in [0.2, 0.25) is 11.6 Å². The van der Waals surface area contributed by atoms with E-state index in [4.69, 9.17) is 0 Å². The minimum atomic E-state index is -4.62. The van der Waals surface area contributed by atoms with Gasteiger partial charge in [0, 0.05) is 12.4 Å². The lowest BCUT2D eigenvalue weighted by Gasteiger charge is -2.16. The van der Waals surface area contributed by atoms with Crippen molar-refractivity contribution in [2.24, 2.45) is 0 Å². The van der Waals surface area contributed by atoms with E-state index >= 15 is 0 Å². The molecule has 0 aliphatic carbocycles. The van der Waals surface area contributed by atoms with E-state index < -0.39 is 17.6 Å². The van der Waals surface area contributed by atoms with Crippen molar-refractivity contribution in [3.05, 3.63) is 42.2 Å². The Bertz CT molecular complexity index is 867. The Morgan fingerprint density at radius 1 is 1.09 bits per heavy atom. The van der Waals surface area contributed by atoms with Crippen LogP contribution in [0.3, 0.4) is 0 Å². The summed E-state index contributed by atoms with van der Waals surface area (Å²) in [5, 5.41) is 9.95. The summed E-state index contributed by atoms with van der Waals surface area (Å²) < 4.78 is 39.7. The second-order valence-electron chi connectivity index (χ2n) is 5.45. The second kappa shape index (κ2) is 4.98. The van der Waals surface area contributed by atoms with E-state index in [2.05, 4.69) is 19.9 Å². The summed E-state index contributed by atoms with van der Waals surface area (Å²) in [6, 6.07) is 2.94. The summed E-state index contributed by atoms with van der Waals surface area (Å²) >= 11 is 0. The van der Waals surface area contributed by atoms with Gasteiger partial charge in [-0.05, 0) is 26.0 Å². The summed E-state index contributed by atoms with van der Waals surface area (Å²) in [6.07, 6.45) is -0.627. The van der Waals surface area contributed by atoms with Crippen LogP contribution in [-0.2, 0) is 11.8 Å². The van der Waals surface area contributed by atoms with E-state index in [1.165, 1.54) is 16.7 Å². The van der Waals surface area contributed by atoms with Gasteiger partial charge in [-0.2, -0.15) is 13.2 Å². The number of hydrogen-bond donors (Lipinski definition) is 1. The first-order valence-corrected chi connectivity index (χ1v) is 6.64. The Morgan fingerprint density at radius 3 is 2.48 bits per heavy atom. The molecule has 0 saturated carbocycles. The highest BCUT2D eigenvalue weighted by Crippen LogP contribution is 2.28. The number of aliphatic hydroxyl groups is 1. The molecule has 0 radical (unpaired) electrons. The van der Waals surface area contributed by atoms with Gasteiger partial charge in [0.15, 0.2) is 0 Å². The molecule has 0 amide bonds. The fourth-order valence-electron chi connectivity index (χ4n) is 2.04. The molecule has 9 heteroatoms. The number of alkyl halides is 3. The van der Waals surface area contributed by atoms with Crippen LogP contribution in [0.25, 0.3) is 17.2 Å². The second-order valence-corrected chi connectivity index (χ2v) is 5.45. The Hall–Kier alpha value is -2.55. The molecule has 3 heterocycles. The summed E-state index contributed by atoms with van der Waals surface area (Å²) in [6.45, 7) is 3.16. The fourth-order valence-corrected chi connectivity index (χ4v) is 2.04. The normalized spacial score (nSPS) is 12.8. The summed E-state index contributed by atoms with van der Waals surface area (Å²) in [7, 11) is 0. The van der Waals surface area contributed by atoms with Crippen molar-refractivity contribution in [1.82, 2.24) is 24.3 Å². The number of halogens is 3. The van der Waals surface area contributed by atoms with E-state index in [-0.39, 0.29) is 11.5 Å². The van der Waals surface area contributed by atoms with Gasteiger partial charge >= 0.3 is 6.18 Å². The molecule has 23 heavy (non-hydrogen) atoms. The third kappa shape index (κ3) is 2.87. The number of fused-ring (bicyclic) bond motifs is 1. The standard InChI is InChI=1S/C14H12F3N5O/c1-13(2,23)10-4-6-22-9(7-19-12(22)21-10)8-3-5-18-11(20-8)14(15,16)17/h3-7,23H,1-2H3. The molecule has 0 aliphatic rings. The maximum absolute atomic E-state index is 12.7. The highest BCUT2D eigenvalue weighted by Gasteiger charge is 2.34. The maximum atomic E-state index is 12.7. The first-order chi connectivity index (χ1) is 10.7. The molecule has 3 aromatic heterocycles. The molecule has 3 rings (SSSR count). The SMILES string of the molecule is CC(C)(O)c1ccn2c(-c3ccnc(C(F)(F)F)n3)cnc2n1. The molecular weight excluding hydrogens is 311 g/mol. The summed E-state index contributed by atoms with van der Waals surface area (Å²) in [5.41, 5.74) is -0.312. The Labute approximate surface area is 128 Å². The van der Waals surface area contributed by atoms with Crippen LogP contribution in [0.2, 0.25) is 0 Å². The van der Waals surface area contributed by atoms with E-state index in [1.54, 1.807) is 26.1 Å². The molecular formula is C14H12F3N5O.